The number of hydrogen-bond acceptors (Lipinski definition) is 5. The third-order valence-electron chi connectivity index (χ3n) is 4.14. The number of ether oxygens (including phenoxy) is 1. The summed E-state index contributed by atoms with van der Waals surface area (Å²) in [6, 6.07) is 3.59. The lowest BCUT2D eigenvalue weighted by Gasteiger charge is -2.39. The lowest BCUT2D eigenvalue weighted by Crippen LogP contribution is -2.39. The molecule has 1 saturated carbocycles. The third-order valence-corrected chi connectivity index (χ3v) is 4.14. The Morgan fingerprint density at radius 2 is 2.20 bits per heavy atom. The molecule has 110 valence electrons. The van der Waals surface area contributed by atoms with Gasteiger partial charge in [0.1, 0.15) is 5.82 Å². The number of nitrogen functional groups attached to an aromatic ring is 1. The second kappa shape index (κ2) is 5.69. The lowest BCUT2D eigenvalue weighted by atomic mass is 9.73. The van der Waals surface area contributed by atoms with Crippen molar-refractivity contribution in [3.63, 3.8) is 0 Å². The van der Waals surface area contributed by atoms with Crippen LogP contribution in [0, 0.1) is 5.41 Å². The first-order chi connectivity index (χ1) is 9.44. The number of anilines is 2. The highest BCUT2D eigenvalue weighted by atomic mass is 16.5. The Labute approximate surface area is 119 Å². The van der Waals surface area contributed by atoms with Crippen molar-refractivity contribution in [1.29, 1.82) is 0 Å². The molecule has 1 unspecified atom stereocenters. The van der Waals surface area contributed by atoms with E-state index in [4.69, 9.17) is 10.5 Å². The normalized spacial score (nSPS) is 21.2. The zero-order valence-electron chi connectivity index (χ0n) is 12.4. The summed E-state index contributed by atoms with van der Waals surface area (Å²) in [5.41, 5.74) is 6.99. The van der Waals surface area contributed by atoms with E-state index < -0.39 is 5.97 Å². The number of rotatable bonds is 3. The lowest BCUT2D eigenvalue weighted by molar-refractivity contribution is 0.0594. The summed E-state index contributed by atoms with van der Waals surface area (Å²) in [7, 11) is 1.34. The number of nitrogens with two attached hydrogens (primary N) is 1. The number of aromatic nitrogens is 1. The summed E-state index contributed by atoms with van der Waals surface area (Å²) < 4.78 is 4.69. The van der Waals surface area contributed by atoms with Gasteiger partial charge in [0.25, 0.3) is 0 Å². The molecule has 5 heteroatoms. The average molecular weight is 277 g/mol. The molecule has 0 spiro atoms. The fraction of sp³-hybridized carbons (Fsp3) is 0.600. The van der Waals surface area contributed by atoms with Crippen molar-refractivity contribution in [2.24, 2.45) is 5.41 Å². The molecule has 2 rings (SSSR count). The molecule has 1 fully saturated rings. The monoisotopic (exact) mass is 277 g/mol. The molecule has 1 atom stereocenters. The van der Waals surface area contributed by atoms with Gasteiger partial charge in [-0.15, -0.1) is 0 Å². The molecule has 0 saturated heterocycles. The van der Waals surface area contributed by atoms with Crippen LogP contribution in [-0.4, -0.2) is 24.1 Å². The molecular formula is C15H23N3O2. The number of esters is 1. The van der Waals surface area contributed by atoms with Crippen molar-refractivity contribution in [3.05, 3.63) is 17.8 Å². The van der Waals surface area contributed by atoms with Gasteiger partial charge in [-0.05, 0) is 30.4 Å². The highest BCUT2D eigenvalue weighted by Gasteiger charge is 2.32. The van der Waals surface area contributed by atoms with Gasteiger partial charge in [-0.2, -0.15) is 0 Å². The van der Waals surface area contributed by atoms with Gasteiger partial charge in [-0.3, -0.25) is 0 Å². The van der Waals surface area contributed by atoms with Crippen LogP contribution < -0.4 is 11.1 Å². The van der Waals surface area contributed by atoms with Crippen molar-refractivity contribution in [2.45, 2.75) is 45.6 Å². The van der Waals surface area contributed by atoms with Crippen LogP contribution in [0.5, 0.6) is 0 Å². The molecule has 0 amide bonds. The Morgan fingerprint density at radius 1 is 1.45 bits per heavy atom. The van der Waals surface area contributed by atoms with Gasteiger partial charge in [-0.25, -0.2) is 9.78 Å². The Balaban J connectivity index is 2.21. The topological polar surface area (TPSA) is 77.2 Å². The van der Waals surface area contributed by atoms with Crippen molar-refractivity contribution in [1.82, 2.24) is 4.98 Å². The number of pyridine rings is 1. The summed E-state index contributed by atoms with van der Waals surface area (Å²) in [6.07, 6.45) is 4.74. The van der Waals surface area contributed by atoms with E-state index in [1.54, 1.807) is 12.1 Å². The maximum atomic E-state index is 11.5. The fourth-order valence-electron chi connectivity index (χ4n) is 2.73. The van der Waals surface area contributed by atoms with E-state index in [0.29, 0.717) is 17.5 Å². The zero-order valence-corrected chi connectivity index (χ0v) is 12.4. The fourth-order valence-corrected chi connectivity index (χ4v) is 2.73. The minimum Gasteiger partial charge on any atom is -0.464 e. The van der Waals surface area contributed by atoms with E-state index in [9.17, 15) is 4.79 Å². The molecule has 0 aromatic carbocycles. The van der Waals surface area contributed by atoms with Gasteiger partial charge in [0.05, 0.1) is 12.8 Å². The van der Waals surface area contributed by atoms with Crippen LogP contribution >= 0.6 is 0 Å². The van der Waals surface area contributed by atoms with E-state index in [2.05, 4.69) is 24.1 Å². The molecule has 0 radical (unpaired) electrons. The van der Waals surface area contributed by atoms with Crippen LogP contribution in [0.4, 0.5) is 11.5 Å². The van der Waals surface area contributed by atoms with Crippen molar-refractivity contribution >= 4 is 17.5 Å². The number of hydrogen-bond donors (Lipinski definition) is 2. The van der Waals surface area contributed by atoms with Crippen LogP contribution in [0.25, 0.3) is 0 Å². The number of nitrogens with zero attached hydrogens (tertiary/aromatic N) is 1. The van der Waals surface area contributed by atoms with Crippen molar-refractivity contribution < 1.29 is 9.53 Å². The van der Waals surface area contributed by atoms with Crippen LogP contribution in [0.2, 0.25) is 0 Å². The third kappa shape index (κ3) is 3.03. The van der Waals surface area contributed by atoms with Crippen LogP contribution in [0.15, 0.2) is 12.1 Å². The SMILES string of the molecule is COC(=O)c1ccc(N)c(NC2CCCCC2(C)C)n1. The summed E-state index contributed by atoms with van der Waals surface area (Å²) in [5, 5.41) is 3.41. The highest BCUT2D eigenvalue weighted by molar-refractivity contribution is 5.88. The Hall–Kier alpha value is -1.78. The van der Waals surface area contributed by atoms with Crippen LogP contribution in [0.3, 0.4) is 0 Å². The molecule has 5 nitrogen and oxygen atoms in total. The van der Waals surface area contributed by atoms with E-state index in [1.165, 1.54) is 26.4 Å². The Bertz CT molecular complexity index is 500. The largest absolute Gasteiger partial charge is 0.464 e. The average Bonchev–Trinajstić information content (AvgIpc) is 2.42. The van der Waals surface area contributed by atoms with Crippen molar-refractivity contribution in [2.75, 3.05) is 18.2 Å². The van der Waals surface area contributed by atoms with Crippen LogP contribution in [0.1, 0.15) is 50.0 Å². The maximum absolute atomic E-state index is 11.5. The first-order valence-corrected chi connectivity index (χ1v) is 7.05. The maximum Gasteiger partial charge on any atom is 0.356 e. The van der Waals surface area contributed by atoms with Crippen molar-refractivity contribution in [3.8, 4) is 0 Å². The number of carbonyl (C=O) groups excluding carboxylic acids is 1. The molecule has 0 aliphatic heterocycles. The molecule has 20 heavy (non-hydrogen) atoms. The summed E-state index contributed by atoms with van der Waals surface area (Å²) >= 11 is 0. The Morgan fingerprint density at radius 3 is 2.85 bits per heavy atom. The molecule has 1 aliphatic rings. The van der Waals surface area contributed by atoms with Crippen LogP contribution in [-0.2, 0) is 4.74 Å². The molecule has 1 aliphatic carbocycles. The van der Waals surface area contributed by atoms with E-state index in [-0.39, 0.29) is 11.1 Å². The summed E-state index contributed by atoms with van der Waals surface area (Å²) in [6.45, 7) is 4.51. The molecule has 0 bridgehead atoms. The Kier molecular flexibility index (Phi) is 4.16. The zero-order chi connectivity index (χ0) is 14.8. The van der Waals surface area contributed by atoms with Gasteiger partial charge in [-0.1, -0.05) is 26.7 Å². The van der Waals surface area contributed by atoms with Gasteiger partial charge < -0.3 is 15.8 Å². The first-order valence-electron chi connectivity index (χ1n) is 7.05. The van der Waals surface area contributed by atoms with E-state index in [1.807, 2.05) is 0 Å². The molecule has 1 heterocycles. The predicted molar refractivity (Wildman–Crippen MR) is 79.6 cm³/mol. The summed E-state index contributed by atoms with van der Waals surface area (Å²) in [4.78, 5) is 15.8. The number of methoxy groups -OCH3 is 1. The smallest absolute Gasteiger partial charge is 0.356 e. The predicted octanol–water partition coefficient (Wildman–Crippen LogP) is 2.83. The number of carbonyl (C=O) groups is 1. The standard InChI is InChI=1S/C15H23N3O2/c1-15(2)9-5-4-6-12(15)18-13-10(16)7-8-11(17-13)14(19)20-3/h7-8,12H,4-6,9,16H2,1-3H3,(H,17,18). The van der Waals surface area contributed by atoms with Gasteiger partial charge >= 0.3 is 5.97 Å². The van der Waals surface area contributed by atoms with Gasteiger partial charge in [0.15, 0.2) is 5.69 Å². The van der Waals surface area contributed by atoms with E-state index >= 15 is 0 Å². The van der Waals surface area contributed by atoms with Gasteiger partial charge in [0, 0.05) is 6.04 Å². The molecule has 1 aromatic heterocycles. The molecule has 1 aromatic rings. The minimum absolute atomic E-state index is 0.202. The van der Waals surface area contributed by atoms with E-state index in [0.717, 1.165) is 6.42 Å². The second-order valence-corrected chi connectivity index (χ2v) is 6.06. The highest BCUT2D eigenvalue weighted by Crippen LogP contribution is 2.37. The minimum atomic E-state index is -0.448. The van der Waals surface area contributed by atoms with Gasteiger partial charge in [0.2, 0.25) is 0 Å². The second-order valence-electron chi connectivity index (χ2n) is 6.06. The molecular weight excluding hydrogens is 254 g/mol. The molecule has 3 N–H and O–H groups in total. The first kappa shape index (κ1) is 14.6. The summed E-state index contributed by atoms with van der Waals surface area (Å²) in [5.74, 6) is 0.129. The number of nitrogens with one attached hydrogen (secondary N) is 1. The quantitative estimate of drug-likeness (QED) is 0.831.